The first kappa shape index (κ1) is 18.1. The molecule has 1 saturated heterocycles. The van der Waals surface area contributed by atoms with Gasteiger partial charge in [0.15, 0.2) is 0 Å². The standard InChI is InChI=1S/C21H24N2O3S/c1-14-9-18-20(27-14)11-19(21(24)22-12-17-7-4-8-26-17)23(18)13-15-5-3-6-16(10-15)25-2/h3,5-6,9-11,17H,4,7-8,12-13H2,1-2H3,(H,22,24). The monoisotopic (exact) mass is 384 g/mol. The highest BCUT2D eigenvalue weighted by Gasteiger charge is 2.20. The molecule has 0 saturated carbocycles. The van der Waals surface area contributed by atoms with Crippen molar-refractivity contribution < 1.29 is 14.3 Å². The molecule has 1 aliphatic rings. The molecule has 0 bridgehead atoms. The van der Waals surface area contributed by atoms with E-state index in [4.69, 9.17) is 9.47 Å². The molecule has 1 atom stereocenters. The van der Waals surface area contributed by atoms with Gasteiger partial charge in [0.25, 0.3) is 5.91 Å². The Balaban J connectivity index is 1.62. The third-order valence-electron chi connectivity index (χ3n) is 4.93. The van der Waals surface area contributed by atoms with E-state index >= 15 is 0 Å². The molecule has 142 valence electrons. The zero-order chi connectivity index (χ0) is 18.8. The molecule has 1 N–H and O–H groups in total. The zero-order valence-corrected chi connectivity index (χ0v) is 16.5. The van der Waals surface area contributed by atoms with Crippen LogP contribution >= 0.6 is 11.3 Å². The van der Waals surface area contributed by atoms with Crippen LogP contribution in [0.25, 0.3) is 10.2 Å². The number of aryl methyl sites for hydroxylation is 1. The second kappa shape index (κ2) is 7.74. The van der Waals surface area contributed by atoms with Gasteiger partial charge in [-0.25, -0.2) is 0 Å². The molecule has 4 rings (SSSR count). The molecule has 0 spiro atoms. The number of nitrogens with one attached hydrogen (secondary N) is 1. The van der Waals surface area contributed by atoms with E-state index in [2.05, 4.69) is 28.9 Å². The fraction of sp³-hybridized carbons (Fsp3) is 0.381. The van der Waals surface area contributed by atoms with Crippen LogP contribution in [0, 0.1) is 6.92 Å². The van der Waals surface area contributed by atoms with Crippen LogP contribution in [0.1, 0.15) is 33.8 Å². The molecule has 1 amide bonds. The van der Waals surface area contributed by atoms with Crippen LogP contribution in [-0.2, 0) is 11.3 Å². The normalized spacial score (nSPS) is 16.7. The van der Waals surface area contributed by atoms with E-state index in [9.17, 15) is 4.79 Å². The first-order valence-electron chi connectivity index (χ1n) is 9.26. The number of amides is 1. The zero-order valence-electron chi connectivity index (χ0n) is 15.7. The molecule has 0 radical (unpaired) electrons. The molecule has 1 aromatic carbocycles. The van der Waals surface area contributed by atoms with Gasteiger partial charge in [-0.15, -0.1) is 11.3 Å². The van der Waals surface area contributed by atoms with Gasteiger partial charge < -0.3 is 19.4 Å². The molecular formula is C21H24N2O3S. The summed E-state index contributed by atoms with van der Waals surface area (Å²) in [5.74, 6) is 0.774. The van der Waals surface area contributed by atoms with E-state index in [1.54, 1.807) is 18.4 Å². The Labute approximate surface area is 162 Å². The van der Waals surface area contributed by atoms with Crippen LogP contribution in [0.2, 0.25) is 0 Å². The maximum atomic E-state index is 12.9. The molecule has 3 aromatic rings. The molecular weight excluding hydrogens is 360 g/mol. The van der Waals surface area contributed by atoms with Gasteiger partial charge >= 0.3 is 0 Å². The average molecular weight is 385 g/mol. The number of aromatic nitrogens is 1. The minimum Gasteiger partial charge on any atom is -0.497 e. The van der Waals surface area contributed by atoms with Gasteiger partial charge in [-0.05, 0) is 49.6 Å². The Hall–Kier alpha value is -2.31. The predicted octanol–water partition coefficient (Wildman–Crippen LogP) is 3.98. The van der Waals surface area contributed by atoms with Gasteiger partial charge in [0, 0.05) is 24.6 Å². The van der Waals surface area contributed by atoms with Gasteiger partial charge in [0.05, 0.1) is 23.4 Å². The number of thiophene rings is 1. The summed E-state index contributed by atoms with van der Waals surface area (Å²) in [6.45, 7) is 4.08. The largest absolute Gasteiger partial charge is 0.497 e. The van der Waals surface area contributed by atoms with Crippen molar-refractivity contribution in [1.82, 2.24) is 9.88 Å². The third-order valence-corrected chi connectivity index (χ3v) is 5.92. The number of carbonyl (C=O) groups is 1. The number of fused-ring (bicyclic) bond motifs is 1. The highest BCUT2D eigenvalue weighted by molar-refractivity contribution is 7.19. The summed E-state index contributed by atoms with van der Waals surface area (Å²) in [6.07, 6.45) is 2.22. The molecule has 2 aromatic heterocycles. The first-order valence-corrected chi connectivity index (χ1v) is 10.1. The second-order valence-corrected chi connectivity index (χ2v) is 8.21. The lowest BCUT2D eigenvalue weighted by Crippen LogP contribution is -2.33. The summed E-state index contributed by atoms with van der Waals surface area (Å²) in [6, 6.07) is 12.1. The third kappa shape index (κ3) is 3.87. The predicted molar refractivity (Wildman–Crippen MR) is 108 cm³/mol. The minimum absolute atomic E-state index is 0.0468. The molecule has 6 heteroatoms. The lowest BCUT2D eigenvalue weighted by atomic mass is 10.2. The van der Waals surface area contributed by atoms with Gasteiger partial charge in [-0.1, -0.05) is 12.1 Å². The van der Waals surface area contributed by atoms with Crippen molar-refractivity contribution in [2.45, 2.75) is 32.4 Å². The van der Waals surface area contributed by atoms with Crippen molar-refractivity contribution >= 4 is 27.5 Å². The van der Waals surface area contributed by atoms with Crippen LogP contribution in [0.15, 0.2) is 36.4 Å². The molecule has 5 nitrogen and oxygen atoms in total. The van der Waals surface area contributed by atoms with Crippen LogP contribution in [0.5, 0.6) is 5.75 Å². The van der Waals surface area contributed by atoms with Crippen molar-refractivity contribution in [3.05, 3.63) is 52.5 Å². The van der Waals surface area contributed by atoms with Crippen molar-refractivity contribution in [3.8, 4) is 5.75 Å². The SMILES string of the molecule is COc1cccc(Cn2c(C(=O)NCC3CCCO3)cc3sc(C)cc32)c1. The molecule has 3 heterocycles. The second-order valence-electron chi connectivity index (χ2n) is 6.92. The highest BCUT2D eigenvalue weighted by Crippen LogP contribution is 2.30. The smallest absolute Gasteiger partial charge is 0.268 e. The number of hydrogen-bond donors (Lipinski definition) is 1. The fourth-order valence-electron chi connectivity index (χ4n) is 3.58. The summed E-state index contributed by atoms with van der Waals surface area (Å²) in [4.78, 5) is 14.1. The summed E-state index contributed by atoms with van der Waals surface area (Å²) in [5.41, 5.74) is 2.89. The molecule has 1 aliphatic heterocycles. The Morgan fingerprint density at radius 1 is 1.37 bits per heavy atom. The number of carbonyl (C=O) groups excluding carboxylic acids is 1. The molecule has 1 unspecified atom stereocenters. The van der Waals surface area contributed by atoms with Crippen molar-refractivity contribution in [1.29, 1.82) is 0 Å². The lowest BCUT2D eigenvalue weighted by Gasteiger charge is -2.14. The van der Waals surface area contributed by atoms with E-state index in [1.165, 1.54) is 4.88 Å². The molecule has 27 heavy (non-hydrogen) atoms. The quantitative estimate of drug-likeness (QED) is 0.699. The fourth-order valence-corrected chi connectivity index (χ4v) is 4.54. The van der Waals surface area contributed by atoms with E-state index in [-0.39, 0.29) is 12.0 Å². The minimum atomic E-state index is -0.0468. The summed E-state index contributed by atoms with van der Waals surface area (Å²) in [5, 5.41) is 3.05. The Kier molecular flexibility index (Phi) is 5.18. The van der Waals surface area contributed by atoms with Gasteiger partial charge in [-0.3, -0.25) is 4.79 Å². The van der Waals surface area contributed by atoms with Crippen molar-refractivity contribution in [2.24, 2.45) is 0 Å². The molecule has 1 fully saturated rings. The van der Waals surface area contributed by atoms with Crippen LogP contribution in [0.3, 0.4) is 0 Å². The lowest BCUT2D eigenvalue weighted by molar-refractivity contribution is 0.0851. The van der Waals surface area contributed by atoms with Gasteiger partial charge in [0.2, 0.25) is 0 Å². The van der Waals surface area contributed by atoms with Gasteiger partial charge in [-0.2, -0.15) is 0 Å². The number of hydrogen-bond acceptors (Lipinski definition) is 4. The van der Waals surface area contributed by atoms with E-state index < -0.39 is 0 Å². The van der Waals surface area contributed by atoms with E-state index in [0.717, 1.165) is 41.0 Å². The molecule has 0 aliphatic carbocycles. The highest BCUT2D eigenvalue weighted by atomic mass is 32.1. The first-order chi connectivity index (χ1) is 13.1. The topological polar surface area (TPSA) is 52.5 Å². The summed E-state index contributed by atoms with van der Waals surface area (Å²) in [7, 11) is 1.67. The van der Waals surface area contributed by atoms with Crippen LogP contribution < -0.4 is 10.1 Å². The van der Waals surface area contributed by atoms with Crippen LogP contribution in [-0.4, -0.2) is 36.8 Å². The average Bonchev–Trinajstić information content (AvgIpc) is 3.38. The Bertz CT molecular complexity index is 954. The maximum absolute atomic E-state index is 12.9. The van der Waals surface area contributed by atoms with Crippen molar-refractivity contribution in [2.75, 3.05) is 20.3 Å². The number of rotatable bonds is 6. The van der Waals surface area contributed by atoms with Gasteiger partial charge in [0.1, 0.15) is 11.4 Å². The summed E-state index contributed by atoms with van der Waals surface area (Å²) < 4.78 is 14.2. The maximum Gasteiger partial charge on any atom is 0.268 e. The Morgan fingerprint density at radius 2 is 2.26 bits per heavy atom. The van der Waals surface area contributed by atoms with E-state index in [0.29, 0.717) is 18.8 Å². The summed E-state index contributed by atoms with van der Waals surface area (Å²) >= 11 is 1.72. The van der Waals surface area contributed by atoms with E-state index in [1.807, 2.05) is 24.3 Å². The van der Waals surface area contributed by atoms with Crippen LogP contribution in [0.4, 0.5) is 0 Å². The Morgan fingerprint density at radius 3 is 3.04 bits per heavy atom. The number of nitrogens with zero attached hydrogens (tertiary/aromatic N) is 1. The van der Waals surface area contributed by atoms with Crippen molar-refractivity contribution in [3.63, 3.8) is 0 Å². The number of methoxy groups -OCH3 is 1. The number of ether oxygens (including phenoxy) is 2. The number of benzene rings is 1.